The summed E-state index contributed by atoms with van der Waals surface area (Å²) in [5, 5.41) is 7.50. The van der Waals surface area contributed by atoms with E-state index in [1.54, 1.807) is 41.3 Å². The Morgan fingerprint density at radius 1 is 1.33 bits per heavy atom. The van der Waals surface area contributed by atoms with Gasteiger partial charge in [0, 0.05) is 25.3 Å². The van der Waals surface area contributed by atoms with Crippen molar-refractivity contribution >= 4 is 10.0 Å². The van der Waals surface area contributed by atoms with E-state index in [0.29, 0.717) is 19.5 Å². The minimum Gasteiger partial charge on any atom is -0.324 e. The lowest BCUT2D eigenvalue weighted by Gasteiger charge is -2.09. The standard InChI is InChI=1S/C13H19N5O2S/c1-11(14)12-3-5-13(6-4-12)21(19,20)16-7-2-9-18-10-8-15-17-18/h3-6,8,10-11,16H,2,7,9,14H2,1H3. The number of hydrogen-bond acceptors (Lipinski definition) is 5. The molecule has 114 valence electrons. The summed E-state index contributed by atoms with van der Waals surface area (Å²) < 4.78 is 28.4. The molecule has 0 saturated heterocycles. The smallest absolute Gasteiger partial charge is 0.240 e. The van der Waals surface area contributed by atoms with Crippen LogP contribution in [0, 0.1) is 0 Å². The highest BCUT2D eigenvalue weighted by molar-refractivity contribution is 7.89. The molecule has 0 amide bonds. The largest absolute Gasteiger partial charge is 0.324 e. The SMILES string of the molecule is CC(N)c1ccc(S(=O)(=O)NCCCn2ccnn2)cc1. The lowest BCUT2D eigenvalue weighted by molar-refractivity contribution is 0.542. The van der Waals surface area contributed by atoms with E-state index in [1.165, 1.54) is 0 Å². The molecule has 7 nitrogen and oxygen atoms in total. The van der Waals surface area contributed by atoms with Gasteiger partial charge in [0.15, 0.2) is 0 Å². The van der Waals surface area contributed by atoms with Gasteiger partial charge in [-0.05, 0) is 31.0 Å². The van der Waals surface area contributed by atoms with Crippen molar-refractivity contribution in [2.75, 3.05) is 6.54 Å². The van der Waals surface area contributed by atoms with Gasteiger partial charge in [0.25, 0.3) is 0 Å². The zero-order valence-corrected chi connectivity index (χ0v) is 12.6. The first-order valence-corrected chi connectivity index (χ1v) is 8.16. The monoisotopic (exact) mass is 309 g/mol. The van der Waals surface area contributed by atoms with Gasteiger partial charge in [-0.3, -0.25) is 4.68 Å². The molecule has 0 fully saturated rings. The first-order valence-electron chi connectivity index (χ1n) is 6.68. The molecule has 1 atom stereocenters. The topological polar surface area (TPSA) is 103 Å². The number of aryl methyl sites for hydroxylation is 1. The highest BCUT2D eigenvalue weighted by atomic mass is 32.2. The van der Waals surface area contributed by atoms with E-state index in [2.05, 4.69) is 15.0 Å². The molecule has 0 spiro atoms. The minimum atomic E-state index is -3.48. The second kappa shape index (κ2) is 6.79. The van der Waals surface area contributed by atoms with Crippen molar-refractivity contribution < 1.29 is 8.42 Å². The Labute approximate surface area is 124 Å². The van der Waals surface area contributed by atoms with Crippen LogP contribution in [-0.4, -0.2) is 30.0 Å². The number of nitrogens with one attached hydrogen (secondary N) is 1. The highest BCUT2D eigenvalue weighted by Gasteiger charge is 2.13. The molecule has 0 saturated carbocycles. The summed E-state index contributed by atoms with van der Waals surface area (Å²) in [7, 11) is -3.48. The van der Waals surface area contributed by atoms with E-state index >= 15 is 0 Å². The van der Waals surface area contributed by atoms with Crippen LogP contribution in [0.25, 0.3) is 0 Å². The first kappa shape index (κ1) is 15.6. The van der Waals surface area contributed by atoms with E-state index in [4.69, 9.17) is 5.73 Å². The van der Waals surface area contributed by atoms with Gasteiger partial charge in [-0.15, -0.1) is 5.10 Å². The number of hydrogen-bond donors (Lipinski definition) is 2. The third kappa shape index (κ3) is 4.35. The van der Waals surface area contributed by atoms with Crippen LogP contribution in [0.5, 0.6) is 0 Å². The molecule has 2 aromatic rings. The Hall–Kier alpha value is -1.77. The lowest BCUT2D eigenvalue weighted by atomic mass is 10.1. The van der Waals surface area contributed by atoms with Crippen molar-refractivity contribution in [2.24, 2.45) is 5.73 Å². The zero-order valence-electron chi connectivity index (χ0n) is 11.8. The number of nitrogens with two attached hydrogens (primary N) is 1. The van der Waals surface area contributed by atoms with Crippen LogP contribution in [-0.2, 0) is 16.6 Å². The highest BCUT2D eigenvalue weighted by Crippen LogP contribution is 2.14. The summed E-state index contributed by atoms with van der Waals surface area (Å²) in [6.45, 7) is 2.81. The average Bonchev–Trinajstić information content (AvgIpc) is 2.97. The Morgan fingerprint density at radius 3 is 2.62 bits per heavy atom. The number of rotatable bonds is 7. The van der Waals surface area contributed by atoms with Gasteiger partial charge in [-0.1, -0.05) is 17.3 Å². The fourth-order valence-corrected chi connectivity index (χ4v) is 2.91. The molecule has 0 aliphatic rings. The van der Waals surface area contributed by atoms with Crippen molar-refractivity contribution in [3.05, 3.63) is 42.2 Å². The zero-order chi connectivity index (χ0) is 15.3. The number of aromatic nitrogens is 3. The van der Waals surface area contributed by atoms with E-state index in [0.717, 1.165) is 5.56 Å². The average molecular weight is 309 g/mol. The Kier molecular flexibility index (Phi) is 5.05. The van der Waals surface area contributed by atoms with Gasteiger partial charge < -0.3 is 5.73 Å². The Morgan fingerprint density at radius 2 is 2.05 bits per heavy atom. The van der Waals surface area contributed by atoms with Crippen LogP contribution >= 0.6 is 0 Å². The third-order valence-corrected chi connectivity index (χ3v) is 4.52. The summed E-state index contributed by atoms with van der Waals surface area (Å²) in [5.41, 5.74) is 6.64. The van der Waals surface area contributed by atoms with Crippen molar-refractivity contribution in [2.45, 2.75) is 30.8 Å². The fraction of sp³-hybridized carbons (Fsp3) is 0.385. The minimum absolute atomic E-state index is 0.114. The van der Waals surface area contributed by atoms with Gasteiger partial charge in [0.2, 0.25) is 10.0 Å². The predicted molar refractivity (Wildman–Crippen MR) is 78.9 cm³/mol. The molecule has 1 aromatic carbocycles. The number of nitrogens with zero attached hydrogens (tertiary/aromatic N) is 3. The van der Waals surface area contributed by atoms with E-state index < -0.39 is 10.0 Å². The summed E-state index contributed by atoms with van der Waals surface area (Å²) in [5.74, 6) is 0. The Bertz CT molecular complexity index is 650. The van der Waals surface area contributed by atoms with Crippen LogP contribution in [0.2, 0.25) is 0 Å². The molecule has 21 heavy (non-hydrogen) atoms. The summed E-state index contributed by atoms with van der Waals surface area (Å²) >= 11 is 0. The van der Waals surface area contributed by atoms with Gasteiger partial charge in [-0.25, -0.2) is 13.1 Å². The lowest BCUT2D eigenvalue weighted by Crippen LogP contribution is -2.25. The van der Waals surface area contributed by atoms with Gasteiger partial charge in [0.1, 0.15) is 0 Å². The molecule has 1 unspecified atom stereocenters. The number of benzene rings is 1. The molecule has 0 aliphatic carbocycles. The molecule has 0 aliphatic heterocycles. The number of sulfonamides is 1. The fourth-order valence-electron chi connectivity index (χ4n) is 1.83. The molecule has 0 bridgehead atoms. The van der Waals surface area contributed by atoms with Crippen LogP contribution in [0.4, 0.5) is 0 Å². The molecular weight excluding hydrogens is 290 g/mol. The second-order valence-electron chi connectivity index (χ2n) is 4.78. The molecule has 8 heteroatoms. The van der Waals surface area contributed by atoms with Crippen molar-refractivity contribution in [1.82, 2.24) is 19.7 Å². The molecule has 3 N–H and O–H groups in total. The van der Waals surface area contributed by atoms with Gasteiger partial charge in [0.05, 0.1) is 11.1 Å². The van der Waals surface area contributed by atoms with Crippen LogP contribution in [0.15, 0.2) is 41.6 Å². The first-order chi connectivity index (χ1) is 9.99. The molecule has 2 rings (SSSR count). The summed E-state index contributed by atoms with van der Waals surface area (Å²) in [6, 6.07) is 6.48. The molecule has 1 heterocycles. The van der Waals surface area contributed by atoms with E-state index in [1.807, 2.05) is 6.92 Å². The van der Waals surface area contributed by atoms with Crippen LogP contribution in [0.1, 0.15) is 24.9 Å². The molecule has 0 radical (unpaired) electrons. The normalized spacial score (nSPS) is 13.2. The maximum Gasteiger partial charge on any atom is 0.240 e. The van der Waals surface area contributed by atoms with Gasteiger partial charge >= 0.3 is 0 Å². The maximum absolute atomic E-state index is 12.1. The van der Waals surface area contributed by atoms with Crippen LogP contribution < -0.4 is 10.5 Å². The Balaban J connectivity index is 1.89. The van der Waals surface area contributed by atoms with E-state index in [9.17, 15) is 8.42 Å². The third-order valence-electron chi connectivity index (χ3n) is 3.04. The van der Waals surface area contributed by atoms with Crippen molar-refractivity contribution in [3.8, 4) is 0 Å². The molecule has 1 aromatic heterocycles. The van der Waals surface area contributed by atoms with Crippen molar-refractivity contribution in [1.29, 1.82) is 0 Å². The maximum atomic E-state index is 12.1. The second-order valence-corrected chi connectivity index (χ2v) is 6.54. The summed E-state index contributed by atoms with van der Waals surface area (Å²) in [6.07, 6.45) is 3.96. The molecular formula is C13H19N5O2S. The van der Waals surface area contributed by atoms with Gasteiger partial charge in [-0.2, -0.15) is 0 Å². The van der Waals surface area contributed by atoms with E-state index in [-0.39, 0.29) is 10.9 Å². The summed E-state index contributed by atoms with van der Waals surface area (Å²) in [4.78, 5) is 0.243. The van der Waals surface area contributed by atoms with Crippen LogP contribution in [0.3, 0.4) is 0 Å². The van der Waals surface area contributed by atoms with Crippen molar-refractivity contribution in [3.63, 3.8) is 0 Å². The predicted octanol–water partition coefficient (Wildman–Crippen LogP) is 0.666. The quantitative estimate of drug-likeness (QED) is 0.732.